The lowest BCUT2D eigenvalue weighted by Crippen LogP contribution is -2.34. The van der Waals surface area contributed by atoms with Gasteiger partial charge in [0.25, 0.3) is 19.7 Å². The second kappa shape index (κ2) is 5.76. The number of nitrogens with one attached hydrogen (secondary N) is 1. The Balaban J connectivity index is 2.80. The van der Waals surface area contributed by atoms with Gasteiger partial charge in [0.2, 0.25) is 0 Å². The van der Waals surface area contributed by atoms with Crippen molar-refractivity contribution < 1.29 is 43.2 Å². The molecule has 0 spiro atoms. The summed E-state index contributed by atoms with van der Waals surface area (Å²) in [6.45, 7) is 0. The third-order valence-electron chi connectivity index (χ3n) is 2.96. The number of aromatic amines is 1. The average molecular weight is 407 g/mol. The van der Waals surface area contributed by atoms with Crippen molar-refractivity contribution in [2.45, 2.75) is 11.0 Å². The maximum atomic E-state index is 12.6. The molecule has 0 unspecified atom stereocenters. The Kier molecular flexibility index (Phi) is 4.45. The predicted octanol–water partition coefficient (Wildman–Crippen LogP) is 3.34. The highest BCUT2D eigenvalue weighted by Gasteiger charge is 2.59. The molecule has 13 heteroatoms. The molecule has 5 nitrogen and oxygen atoms in total. The molecule has 1 aromatic carbocycles. The highest BCUT2D eigenvalue weighted by Crippen LogP contribution is 2.39. The van der Waals surface area contributed by atoms with E-state index in [4.69, 9.17) is 0 Å². The summed E-state index contributed by atoms with van der Waals surface area (Å²) >= 11 is 0. The van der Waals surface area contributed by atoms with Crippen LogP contribution in [-0.4, -0.2) is 32.8 Å². The molecule has 0 aliphatic carbocycles. The minimum Gasteiger partial charge on any atom is -0.355 e. The van der Waals surface area contributed by atoms with Gasteiger partial charge in [-0.25, -0.2) is 16.8 Å². The quantitative estimate of drug-likeness (QED) is 0.791. The molecular formula is C12H7F6NO4S2. The Morgan fingerprint density at radius 1 is 0.880 bits per heavy atom. The largest absolute Gasteiger partial charge is 0.502 e. The minimum absolute atomic E-state index is 0.203. The molecule has 0 amide bonds. The Labute approximate surface area is 136 Å². The summed E-state index contributed by atoms with van der Waals surface area (Å²) in [5.74, 6) is 0. The number of para-hydroxylation sites is 1. The van der Waals surface area contributed by atoms with Crippen LogP contribution in [0.2, 0.25) is 0 Å². The number of benzene rings is 1. The van der Waals surface area contributed by atoms with Crippen molar-refractivity contribution in [1.82, 2.24) is 4.98 Å². The first-order valence-corrected chi connectivity index (χ1v) is 9.07. The van der Waals surface area contributed by atoms with Gasteiger partial charge in [-0.1, -0.05) is 18.2 Å². The predicted molar refractivity (Wildman–Crippen MR) is 76.2 cm³/mol. The van der Waals surface area contributed by atoms with Crippen LogP contribution in [0.5, 0.6) is 0 Å². The van der Waals surface area contributed by atoms with Crippen LogP contribution in [0.15, 0.2) is 34.6 Å². The lowest BCUT2D eigenvalue weighted by Gasteiger charge is -2.14. The highest BCUT2D eigenvalue weighted by molar-refractivity contribution is 8.15. The number of fused-ring (bicyclic) bond motifs is 1. The van der Waals surface area contributed by atoms with Crippen LogP contribution >= 0.6 is 0 Å². The van der Waals surface area contributed by atoms with Crippen LogP contribution in [0.4, 0.5) is 26.3 Å². The van der Waals surface area contributed by atoms with Crippen molar-refractivity contribution in [3.05, 3.63) is 40.3 Å². The number of hydrogen-bond acceptors (Lipinski definition) is 4. The Bertz CT molecular complexity index is 966. The van der Waals surface area contributed by atoms with Crippen molar-refractivity contribution in [1.29, 1.82) is 0 Å². The van der Waals surface area contributed by atoms with Gasteiger partial charge >= 0.3 is 11.0 Å². The number of aromatic nitrogens is 1. The standard InChI is InChI=1S/C12H7F6NO4S2/c13-11(14,15)24(20,21)10(25(22,23)12(16,17)18)6-8-5-7-3-1-2-4-9(7)19-8/h1-6,19H. The molecule has 0 aliphatic rings. The van der Waals surface area contributed by atoms with Gasteiger partial charge in [0.15, 0.2) is 4.24 Å². The van der Waals surface area contributed by atoms with Gasteiger partial charge in [0.1, 0.15) is 0 Å². The first kappa shape index (κ1) is 19.3. The van der Waals surface area contributed by atoms with Crippen LogP contribution < -0.4 is 0 Å². The molecule has 2 rings (SSSR count). The molecule has 2 aromatic rings. The zero-order valence-electron chi connectivity index (χ0n) is 11.7. The smallest absolute Gasteiger partial charge is 0.355 e. The minimum atomic E-state index is -6.78. The van der Waals surface area contributed by atoms with Gasteiger partial charge < -0.3 is 4.98 Å². The second-order valence-corrected chi connectivity index (χ2v) is 8.75. The Morgan fingerprint density at radius 3 is 1.80 bits per heavy atom. The van der Waals surface area contributed by atoms with Gasteiger partial charge in [0.05, 0.1) is 0 Å². The molecule has 0 saturated carbocycles. The monoisotopic (exact) mass is 407 g/mol. The van der Waals surface area contributed by atoms with Crippen LogP contribution in [0.3, 0.4) is 0 Å². The van der Waals surface area contributed by atoms with E-state index in [1.54, 1.807) is 0 Å². The SMILES string of the molecule is O=S(=O)(C(=Cc1cc2ccccc2[nH]1)S(=O)(=O)C(F)(F)F)C(F)(F)F. The normalized spacial score (nSPS) is 13.8. The molecule has 0 atom stereocenters. The van der Waals surface area contributed by atoms with Gasteiger partial charge in [-0.05, 0) is 23.6 Å². The van der Waals surface area contributed by atoms with Gasteiger partial charge in [-0.15, -0.1) is 0 Å². The fraction of sp³-hybridized carbons (Fsp3) is 0.167. The van der Waals surface area contributed by atoms with Crippen molar-refractivity contribution in [3.8, 4) is 0 Å². The maximum Gasteiger partial charge on any atom is 0.502 e. The third-order valence-corrected chi connectivity index (χ3v) is 6.79. The van der Waals surface area contributed by atoms with Crippen molar-refractivity contribution in [3.63, 3.8) is 0 Å². The van der Waals surface area contributed by atoms with Crippen molar-refractivity contribution in [2.24, 2.45) is 0 Å². The fourth-order valence-electron chi connectivity index (χ4n) is 1.83. The second-order valence-electron chi connectivity index (χ2n) is 4.67. The van der Waals surface area contributed by atoms with E-state index in [-0.39, 0.29) is 11.6 Å². The summed E-state index contributed by atoms with van der Waals surface area (Å²) in [6.07, 6.45) is -0.203. The zero-order chi connectivity index (χ0) is 19.3. The molecule has 0 fully saturated rings. The Morgan fingerprint density at radius 2 is 1.36 bits per heavy atom. The lowest BCUT2D eigenvalue weighted by molar-refractivity contribution is -0.0443. The highest BCUT2D eigenvalue weighted by atomic mass is 32.3. The molecule has 0 radical (unpaired) electrons. The van der Waals surface area contributed by atoms with Gasteiger partial charge in [0, 0.05) is 11.2 Å². The van der Waals surface area contributed by atoms with Crippen molar-refractivity contribution >= 4 is 36.7 Å². The van der Waals surface area contributed by atoms with E-state index in [1.165, 1.54) is 24.3 Å². The molecule has 1 N–H and O–H groups in total. The third kappa shape index (κ3) is 3.38. The van der Waals surface area contributed by atoms with E-state index in [9.17, 15) is 43.2 Å². The lowest BCUT2D eigenvalue weighted by atomic mass is 10.2. The molecule has 0 aliphatic heterocycles. The summed E-state index contributed by atoms with van der Waals surface area (Å²) < 4.78 is 119. The summed E-state index contributed by atoms with van der Waals surface area (Å²) in [5.41, 5.74) is -12.8. The summed E-state index contributed by atoms with van der Waals surface area (Å²) in [6, 6.07) is 6.84. The Hall–Kier alpha value is -2.02. The van der Waals surface area contributed by atoms with E-state index in [0.717, 1.165) is 6.07 Å². The summed E-state index contributed by atoms with van der Waals surface area (Å²) in [4.78, 5) is 2.33. The number of halogens is 6. The number of H-pyrrole nitrogens is 1. The summed E-state index contributed by atoms with van der Waals surface area (Å²) in [5, 5.41) is 0.321. The maximum absolute atomic E-state index is 12.6. The molecule has 25 heavy (non-hydrogen) atoms. The average Bonchev–Trinajstić information content (AvgIpc) is 2.84. The van der Waals surface area contributed by atoms with E-state index in [1.807, 2.05) is 0 Å². The molecule has 138 valence electrons. The van der Waals surface area contributed by atoms with E-state index in [2.05, 4.69) is 4.98 Å². The van der Waals surface area contributed by atoms with E-state index in [0.29, 0.717) is 5.39 Å². The van der Waals surface area contributed by atoms with Crippen molar-refractivity contribution in [2.75, 3.05) is 0 Å². The molecule has 0 saturated heterocycles. The van der Waals surface area contributed by atoms with Gasteiger partial charge in [-0.2, -0.15) is 26.3 Å². The first-order chi connectivity index (χ1) is 11.2. The number of sulfone groups is 2. The van der Waals surface area contributed by atoms with Gasteiger partial charge in [-0.3, -0.25) is 0 Å². The zero-order valence-corrected chi connectivity index (χ0v) is 13.3. The molecule has 1 aromatic heterocycles. The van der Waals surface area contributed by atoms with Crippen LogP contribution in [-0.2, 0) is 19.7 Å². The van der Waals surface area contributed by atoms with Crippen LogP contribution in [0.25, 0.3) is 17.0 Å². The molecular weight excluding hydrogens is 400 g/mol. The van der Waals surface area contributed by atoms with E-state index < -0.39 is 40.6 Å². The fourth-order valence-corrected chi connectivity index (χ4v) is 4.57. The number of hydrogen-bond donors (Lipinski definition) is 1. The van der Waals surface area contributed by atoms with E-state index >= 15 is 0 Å². The molecule has 1 heterocycles. The number of alkyl halides is 6. The topological polar surface area (TPSA) is 84.1 Å². The van der Waals surface area contributed by atoms with Crippen LogP contribution in [0, 0.1) is 0 Å². The number of rotatable bonds is 3. The molecule has 0 bridgehead atoms. The first-order valence-electron chi connectivity index (χ1n) is 6.10. The summed E-state index contributed by atoms with van der Waals surface area (Å²) in [7, 11) is -13.6. The van der Waals surface area contributed by atoms with Crippen LogP contribution in [0.1, 0.15) is 5.69 Å².